The van der Waals surface area contributed by atoms with Gasteiger partial charge in [0, 0.05) is 0 Å². The van der Waals surface area contributed by atoms with Crippen LogP contribution in [0.25, 0.3) is 0 Å². The highest BCUT2D eigenvalue weighted by atomic mass is 32.2. The minimum Gasteiger partial charge on any atom is -0.465 e. The Morgan fingerprint density at radius 3 is 2.46 bits per heavy atom. The van der Waals surface area contributed by atoms with Gasteiger partial charge in [-0.05, 0) is 32.9 Å². The minimum atomic E-state index is -0.384. The molecule has 2 nitrogen and oxygen atoms in total. The zero-order chi connectivity index (χ0) is 10.3. The summed E-state index contributed by atoms with van der Waals surface area (Å²) >= 11 is 1.68. The van der Waals surface area contributed by atoms with E-state index >= 15 is 0 Å². The maximum Gasteiger partial charge on any atom is 0.321 e. The standard InChI is InChI=1S/C10H20O2S/c1-5-7-8-13-10(3,4)9(11)12-6-2/h5-8H2,1-4H3. The van der Waals surface area contributed by atoms with Crippen LogP contribution in [0.5, 0.6) is 0 Å². The number of hydrogen-bond acceptors (Lipinski definition) is 3. The Morgan fingerprint density at radius 2 is 2.00 bits per heavy atom. The van der Waals surface area contributed by atoms with Gasteiger partial charge in [0.05, 0.1) is 6.61 Å². The van der Waals surface area contributed by atoms with E-state index < -0.39 is 0 Å². The molecule has 13 heavy (non-hydrogen) atoms. The van der Waals surface area contributed by atoms with Gasteiger partial charge >= 0.3 is 5.97 Å². The molecule has 0 aromatic heterocycles. The van der Waals surface area contributed by atoms with Gasteiger partial charge in [0.15, 0.2) is 0 Å². The molecule has 78 valence electrons. The van der Waals surface area contributed by atoms with E-state index in [1.807, 2.05) is 20.8 Å². The summed E-state index contributed by atoms with van der Waals surface area (Å²) < 4.78 is 4.59. The molecule has 0 aliphatic carbocycles. The van der Waals surface area contributed by atoms with Gasteiger partial charge in [-0.15, -0.1) is 11.8 Å². The third-order valence-electron chi connectivity index (χ3n) is 1.73. The van der Waals surface area contributed by atoms with E-state index in [0.717, 1.165) is 12.2 Å². The summed E-state index contributed by atoms with van der Waals surface area (Å²) in [4.78, 5) is 11.4. The van der Waals surface area contributed by atoms with Crippen LogP contribution in [0.1, 0.15) is 40.5 Å². The number of carbonyl (C=O) groups is 1. The SMILES string of the molecule is CCCCSC(C)(C)C(=O)OCC. The smallest absolute Gasteiger partial charge is 0.321 e. The molecular formula is C10H20O2S. The second kappa shape index (κ2) is 6.30. The number of thioether (sulfide) groups is 1. The van der Waals surface area contributed by atoms with Crippen LogP contribution < -0.4 is 0 Å². The predicted molar refractivity (Wildman–Crippen MR) is 58.1 cm³/mol. The number of rotatable bonds is 6. The normalized spacial score (nSPS) is 11.4. The molecule has 0 saturated heterocycles. The molecule has 0 aliphatic rings. The Hall–Kier alpha value is -0.180. The van der Waals surface area contributed by atoms with Gasteiger partial charge in [0.1, 0.15) is 4.75 Å². The van der Waals surface area contributed by atoms with Crippen molar-refractivity contribution in [2.75, 3.05) is 12.4 Å². The van der Waals surface area contributed by atoms with Crippen molar-refractivity contribution in [1.29, 1.82) is 0 Å². The zero-order valence-corrected chi connectivity index (χ0v) is 9.87. The van der Waals surface area contributed by atoms with Crippen molar-refractivity contribution in [2.24, 2.45) is 0 Å². The maximum atomic E-state index is 11.4. The number of esters is 1. The number of ether oxygens (including phenoxy) is 1. The fourth-order valence-electron chi connectivity index (χ4n) is 0.835. The monoisotopic (exact) mass is 204 g/mol. The third kappa shape index (κ3) is 5.19. The summed E-state index contributed by atoms with van der Waals surface area (Å²) in [5, 5.41) is 0. The van der Waals surface area contributed by atoms with Crippen LogP contribution in [-0.2, 0) is 9.53 Å². The first-order valence-corrected chi connectivity index (χ1v) is 5.84. The fraction of sp³-hybridized carbons (Fsp3) is 0.900. The fourth-order valence-corrected chi connectivity index (χ4v) is 1.96. The molecule has 3 heteroatoms. The van der Waals surface area contributed by atoms with E-state index in [9.17, 15) is 4.79 Å². The summed E-state index contributed by atoms with van der Waals surface area (Å²) in [7, 11) is 0. The first kappa shape index (κ1) is 12.8. The van der Waals surface area contributed by atoms with Crippen LogP contribution in [0.3, 0.4) is 0 Å². The lowest BCUT2D eigenvalue weighted by atomic mass is 10.2. The van der Waals surface area contributed by atoms with Gasteiger partial charge in [-0.3, -0.25) is 4.79 Å². The van der Waals surface area contributed by atoms with Crippen molar-refractivity contribution in [3.8, 4) is 0 Å². The van der Waals surface area contributed by atoms with Crippen molar-refractivity contribution < 1.29 is 9.53 Å². The Labute approximate surface area is 85.4 Å². The van der Waals surface area contributed by atoms with Crippen LogP contribution in [0.4, 0.5) is 0 Å². The summed E-state index contributed by atoms with van der Waals surface area (Å²) in [5.74, 6) is 0.929. The Bertz CT molecular complexity index is 155. The molecule has 0 saturated carbocycles. The van der Waals surface area contributed by atoms with Crippen LogP contribution in [-0.4, -0.2) is 23.1 Å². The van der Waals surface area contributed by atoms with E-state index in [2.05, 4.69) is 6.92 Å². The predicted octanol–water partition coefficient (Wildman–Crippen LogP) is 2.86. The summed E-state index contributed by atoms with van der Waals surface area (Å²) in [6, 6.07) is 0. The molecular weight excluding hydrogens is 184 g/mol. The van der Waals surface area contributed by atoms with Crippen LogP contribution in [0.2, 0.25) is 0 Å². The Balaban J connectivity index is 3.83. The molecule has 0 fully saturated rings. The van der Waals surface area contributed by atoms with Crippen molar-refractivity contribution >= 4 is 17.7 Å². The van der Waals surface area contributed by atoms with Crippen molar-refractivity contribution in [3.05, 3.63) is 0 Å². The average Bonchev–Trinajstić information content (AvgIpc) is 2.05. The maximum absolute atomic E-state index is 11.4. The molecule has 0 bridgehead atoms. The third-order valence-corrected chi connectivity index (χ3v) is 3.11. The summed E-state index contributed by atoms with van der Waals surface area (Å²) in [6.07, 6.45) is 2.33. The lowest BCUT2D eigenvalue weighted by Crippen LogP contribution is -2.30. The summed E-state index contributed by atoms with van der Waals surface area (Å²) in [5.41, 5.74) is 0. The van der Waals surface area contributed by atoms with Gasteiger partial charge in [-0.25, -0.2) is 0 Å². The van der Waals surface area contributed by atoms with Crippen molar-refractivity contribution in [3.63, 3.8) is 0 Å². The van der Waals surface area contributed by atoms with E-state index in [-0.39, 0.29) is 10.7 Å². The Kier molecular flexibility index (Phi) is 6.21. The minimum absolute atomic E-state index is 0.101. The highest BCUT2D eigenvalue weighted by Gasteiger charge is 2.28. The second-order valence-electron chi connectivity index (χ2n) is 3.43. The lowest BCUT2D eigenvalue weighted by molar-refractivity contribution is -0.145. The molecule has 0 aliphatic heterocycles. The number of unbranched alkanes of at least 4 members (excludes halogenated alkanes) is 1. The average molecular weight is 204 g/mol. The first-order chi connectivity index (χ1) is 6.04. The van der Waals surface area contributed by atoms with E-state index in [1.165, 1.54) is 6.42 Å². The van der Waals surface area contributed by atoms with Crippen LogP contribution in [0, 0.1) is 0 Å². The molecule has 0 N–H and O–H groups in total. The van der Waals surface area contributed by atoms with Crippen LogP contribution in [0.15, 0.2) is 0 Å². The van der Waals surface area contributed by atoms with E-state index in [0.29, 0.717) is 6.61 Å². The molecule has 0 spiro atoms. The zero-order valence-electron chi connectivity index (χ0n) is 9.05. The molecule has 0 aromatic carbocycles. The molecule has 0 radical (unpaired) electrons. The van der Waals surface area contributed by atoms with Crippen molar-refractivity contribution in [1.82, 2.24) is 0 Å². The Morgan fingerprint density at radius 1 is 1.38 bits per heavy atom. The highest BCUT2D eigenvalue weighted by Crippen LogP contribution is 2.26. The van der Waals surface area contributed by atoms with Gasteiger partial charge in [0.25, 0.3) is 0 Å². The van der Waals surface area contributed by atoms with Gasteiger partial charge < -0.3 is 4.74 Å². The summed E-state index contributed by atoms with van der Waals surface area (Å²) in [6.45, 7) is 8.30. The van der Waals surface area contributed by atoms with Gasteiger partial charge in [-0.1, -0.05) is 13.3 Å². The highest BCUT2D eigenvalue weighted by molar-refractivity contribution is 8.01. The molecule has 0 aromatic rings. The molecule has 0 heterocycles. The quantitative estimate of drug-likeness (QED) is 0.491. The molecule has 0 amide bonds. The van der Waals surface area contributed by atoms with Crippen LogP contribution >= 0.6 is 11.8 Å². The largest absolute Gasteiger partial charge is 0.465 e. The lowest BCUT2D eigenvalue weighted by Gasteiger charge is -2.21. The van der Waals surface area contributed by atoms with Gasteiger partial charge in [-0.2, -0.15) is 0 Å². The van der Waals surface area contributed by atoms with Gasteiger partial charge in [0.2, 0.25) is 0 Å². The number of hydrogen-bond donors (Lipinski definition) is 0. The second-order valence-corrected chi connectivity index (χ2v) is 5.15. The molecule has 0 atom stereocenters. The van der Waals surface area contributed by atoms with E-state index in [4.69, 9.17) is 4.74 Å². The molecule has 0 unspecified atom stereocenters. The molecule has 0 rings (SSSR count). The number of carbonyl (C=O) groups excluding carboxylic acids is 1. The topological polar surface area (TPSA) is 26.3 Å². The first-order valence-electron chi connectivity index (χ1n) is 4.85. The van der Waals surface area contributed by atoms with E-state index in [1.54, 1.807) is 11.8 Å². The van der Waals surface area contributed by atoms with Crippen molar-refractivity contribution in [2.45, 2.75) is 45.3 Å².